The zero-order valence-corrected chi connectivity index (χ0v) is 11.9. The third kappa shape index (κ3) is 2.45. The number of aliphatic hydroxyl groups excluding tert-OH is 1. The average Bonchev–Trinajstić information content (AvgIpc) is 2.97. The summed E-state index contributed by atoms with van der Waals surface area (Å²) in [6.07, 6.45) is 0.777. The van der Waals surface area contributed by atoms with Gasteiger partial charge in [-0.05, 0) is 23.8 Å². The number of benzene rings is 2. The number of rotatable bonds is 4. The van der Waals surface area contributed by atoms with Gasteiger partial charge in [-0.1, -0.05) is 18.2 Å². The number of ether oxygens (including phenoxy) is 2. The number of para-hydroxylation sites is 1. The first-order valence-corrected chi connectivity index (χ1v) is 6.60. The van der Waals surface area contributed by atoms with Crippen molar-refractivity contribution in [3.8, 4) is 11.5 Å². The van der Waals surface area contributed by atoms with Crippen LogP contribution in [0.25, 0.3) is 11.0 Å². The molecule has 4 heteroatoms. The highest BCUT2D eigenvalue weighted by Gasteiger charge is 2.18. The van der Waals surface area contributed by atoms with Crippen molar-refractivity contribution in [2.24, 2.45) is 0 Å². The first-order valence-electron chi connectivity index (χ1n) is 6.60. The molecule has 0 aliphatic rings. The molecular weight excluding hydrogens is 268 g/mol. The first kappa shape index (κ1) is 13.5. The van der Waals surface area contributed by atoms with Gasteiger partial charge in [0.25, 0.3) is 0 Å². The van der Waals surface area contributed by atoms with Crippen LogP contribution in [-0.2, 0) is 0 Å². The largest absolute Gasteiger partial charge is 0.497 e. The second kappa shape index (κ2) is 5.50. The lowest BCUT2D eigenvalue weighted by Gasteiger charge is -2.13. The maximum Gasteiger partial charge on any atom is 0.134 e. The summed E-state index contributed by atoms with van der Waals surface area (Å²) < 4.78 is 16.0. The molecule has 1 heterocycles. The Balaban J connectivity index is 2.07. The van der Waals surface area contributed by atoms with Gasteiger partial charge >= 0.3 is 0 Å². The van der Waals surface area contributed by atoms with Gasteiger partial charge in [-0.15, -0.1) is 0 Å². The van der Waals surface area contributed by atoms with Crippen molar-refractivity contribution in [2.45, 2.75) is 6.10 Å². The highest BCUT2D eigenvalue weighted by atomic mass is 16.5. The molecule has 0 aliphatic carbocycles. The van der Waals surface area contributed by atoms with Crippen LogP contribution >= 0.6 is 0 Å². The topological polar surface area (TPSA) is 51.8 Å². The number of furan rings is 1. The Morgan fingerprint density at radius 2 is 1.67 bits per heavy atom. The normalized spacial score (nSPS) is 12.3. The minimum Gasteiger partial charge on any atom is -0.497 e. The zero-order valence-electron chi connectivity index (χ0n) is 11.9. The van der Waals surface area contributed by atoms with E-state index >= 15 is 0 Å². The molecule has 1 atom stereocenters. The fourth-order valence-corrected chi connectivity index (χ4v) is 2.38. The molecule has 0 radical (unpaired) electrons. The van der Waals surface area contributed by atoms with Gasteiger partial charge in [0.1, 0.15) is 23.2 Å². The number of hydrogen-bond donors (Lipinski definition) is 1. The molecule has 0 saturated heterocycles. The molecule has 0 saturated carbocycles. The summed E-state index contributed by atoms with van der Waals surface area (Å²) in [6.45, 7) is 0. The Hall–Kier alpha value is -2.46. The maximum absolute atomic E-state index is 10.6. The van der Waals surface area contributed by atoms with E-state index in [0.29, 0.717) is 17.1 Å². The van der Waals surface area contributed by atoms with E-state index < -0.39 is 6.10 Å². The minimum absolute atomic E-state index is 0.635. The molecule has 0 amide bonds. The van der Waals surface area contributed by atoms with Crippen molar-refractivity contribution in [1.29, 1.82) is 0 Å². The van der Waals surface area contributed by atoms with Crippen molar-refractivity contribution in [3.05, 3.63) is 59.9 Å². The highest BCUT2D eigenvalue weighted by Crippen LogP contribution is 2.34. The molecule has 3 rings (SSSR count). The van der Waals surface area contributed by atoms with Crippen LogP contribution in [0.4, 0.5) is 0 Å². The second-order valence-electron chi connectivity index (χ2n) is 4.74. The van der Waals surface area contributed by atoms with Gasteiger partial charge in [0.2, 0.25) is 0 Å². The highest BCUT2D eigenvalue weighted by molar-refractivity contribution is 5.81. The number of hydrogen-bond acceptors (Lipinski definition) is 4. The molecule has 0 aliphatic heterocycles. The van der Waals surface area contributed by atoms with Crippen LogP contribution < -0.4 is 9.47 Å². The van der Waals surface area contributed by atoms with Crippen LogP contribution in [-0.4, -0.2) is 19.3 Å². The smallest absolute Gasteiger partial charge is 0.134 e. The number of methoxy groups -OCH3 is 2. The number of fused-ring (bicyclic) bond motifs is 1. The van der Waals surface area contributed by atoms with E-state index in [1.165, 1.54) is 0 Å². The average molecular weight is 284 g/mol. The van der Waals surface area contributed by atoms with E-state index in [1.54, 1.807) is 38.7 Å². The van der Waals surface area contributed by atoms with Gasteiger partial charge in [-0.3, -0.25) is 0 Å². The lowest BCUT2D eigenvalue weighted by atomic mass is 10.0. The molecular formula is C17H16O4. The molecule has 1 aromatic heterocycles. The van der Waals surface area contributed by atoms with E-state index in [2.05, 4.69) is 0 Å². The van der Waals surface area contributed by atoms with Gasteiger partial charge in [-0.25, -0.2) is 0 Å². The summed E-state index contributed by atoms with van der Waals surface area (Å²) in [5.41, 5.74) is 2.17. The summed E-state index contributed by atoms with van der Waals surface area (Å²) in [5, 5.41) is 11.5. The van der Waals surface area contributed by atoms with Crippen LogP contribution in [0.15, 0.2) is 53.1 Å². The Bertz CT molecular complexity index is 738. The maximum atomic E-state index is 10.6. The van der Waals surface area contributed by atoms with E-state index in [1.807, 2.05) is 24.3 Å². The minimum atomic E-state index is -0.808. The van der Waals surface area contributed by atoms with Crippen LogP contribution in [0, 0.1) is 0 Å². The lowest BCUT2D eigenvalue weighted by Crippen LogP contribution is -2.00. The molecule has 4 nitrogen and oxygen atoms in total. The van der Waals surface area contributed by atoms with Crippen molar-refractivity contribution in [1.82, 2.24) is 0 Å². The lowest BCUT2D eigenvalue weighted by molar-refractivity contribution is 0.219. The fraction of sp³-hybridized carbons (Fsp3) is 0.176. The third-order valence-corrected chi connectivity index (χ3v) is 3.50. The van der Waals surface area contributed by atoms with Gasteiger partial charge in [-0.2, -0.15) is 0 Å². The fourth-order valence-electron chi connectivity index (χ4n) is 2.38. The van der Waals surface area contributed by atoms with Crippen molar-refractivity contribution < 1.29 is 19.0 Å². The van der Waals surface area contributed by atoms with E-state index in [9.17, 15) is 5.11 Å². The van der Waals surface area contributed by atoms with Crippen LogP contribution in [0.3, 0.4) is 0 Å². The van der Waals surface area contributed by atoms with Crippen LogP contribution in [0.5, 0.6) is 11.5 Å². The Morgan fingerprint density at radius 1 is 1.00 bits per heavy atom. The summed E-state index contributed by atoms with van der Waals surface area (Å²) in [6, 6.07) is 13.0. The molecule has 0 bridgehead atoms. The predicted octanol–water partition coefficient (Wildman–Crippen LogP) is 3.53. The molecule has 3 aromatic rings. The molecule has 0 fully saturated rings. The summed E-state index contributed by atoms with van der Waals surface area (Å²) in [5.74, 6) is 1.27. The molecule has 108 valence electrons. The quantitative estimate of drug-likeness (QED) is 0.796. The van der Waals surface area contributed by atoms with Gasteiger partial charge < -0.3 is 19.0 Å². The third-order valence-electron chi connectivity index (χ3n) is 3.50. The van der Waals surface area contributed by atoms with Crippen molar-refractivity contribution in [2.75, 3.05) is 14.2 Å². The van der Waals surface area contributed by atoms with E-state index in [4.69, 9.17) is 13.9 Å². The Kier molecular flexibility index (Phi) is 3.54. The van der Waals surface area contributed by atoms with Crippen molar-refractivity contribution >= 4 is 11.0 Å². The Labute approximate surface area is 122 Å². The van der Waals surface area contributed by atoms with Gasteiger partial charge in [0.15, 0.2) is 0 Å². The van der Waals surface area contributed by atoms with E-state index in [0.717, 1.165) is 16.5 Å². The van der Waals surface area contributed by atoms with Crippen LogP contribution in [0.1, 0.15) is 17.2 Å². The molecule has 0 spiro atoms. The van der Waals surface area contributed by atoms with E-state index in [-0.39, 0.29) is 0 Å². The second-order valence-corrected chi connectivity index (χ2v) is 4.74. The van der Waals surface area contributed by atoms with Crippen molar-refractivity contribution in [3.63, 3.8) is 0 Å². The predicted molar refractivity (Wildman–Crippen MR) is 79.8 cm³/mol. The SMILES string of the molecule is COc1cc(OC)cc(C(O)c2coc3ccccc23)c1. The zero-order chi connectivity index (χ0) is 14.8. The monoisotopic (exact) mass is 284 g/mol. The molecule has 2 aromatic carbocycles. The van der Waals surface area contributed by atoms with Gasteiger partial charge in [0, 0.05) is 17.0 Å². The number of aliphatic hydroxyl groups is 1. The van der Waals surface area contributed by atoms with Crippen LogP contribution in [0.2, 0.25) is 0 Å². The van der Waals surface area contributed by atoms with Gasteiger partial charge in [0.05, 0.1) is 20.5 Å². The molecule has 21 heavy (non-hydrogen) atoms. The standard InChI is InChI=1S/C17H16O4/c1-19-12-7-11(8-13(9-12)20-2)17(18)15-10-21-16-6-4-3-5-14(15)16/h3-10,17-18H,1-2H3. The molecule has 1 unspecified atom stereocenters. The summed E-state index contributed by atoms with van der Waals surface area (Å²) >= 11 is 0. The first-order chi connectivity index (χ1) is 10.2. The Morgan fingerprint density at radius 3 is 2.33 bits per heavy atom. The summed E-state index contributed by atoms with van der Waals surface area (Å²) in [4.78, 5) is 0. The summed E-state index contributed by atoms with van der Waals surface area (Å²) in [7, 11) is 3.16. The molecule has 1 N–H and O–H groups in total.